The number of ether oxygens (including phenoxy) is 1. The molecule has 2 amide bonds. The third-order valence-electron chi connectivity index (χ3n) is 3.99. The lowest BCUT2D eigenvalue weighted by Gasteiger charge is -2.20. The van der Waals surface area contributed by atoms with Crippen LogP contribution >= 0.6 is 11.6 Å². The molecule has 0 spiro atoms. The predicted octanol–water partition coefficient (Wildman–Crippen LogP) is 2.78. The molecule has 0 radical (unpaired) electrons. The van der Waals surface area contributed by atoms with E-state index in [9.17, 15) is 14.4 Å². The summed E-state index contributed by atoms with van der Waals surface area (Å²) in [6, 6.07) is 8.47. The maximum Gasteiger partial charge on any atom is 0.407 e. The molecule has 0 aliphatic rings. The van der Waals surface area contributed by atoms with E-state index in [1.165, 1.54) is 12.3 Å². The maximum absolute atomic E-state index is 12.3. The van der Waals surface area contributed by atoms with Gasteiger partial charge in [0.15, 0.2) is 0 Å². The first-order valence-corrected chi connectivity index (χ1v) is 9.58. The normalized spacial score (nSPS) is 10.8. The molecule has 0 unspecified atom stereocenters. The molecule has 1 aromatic heterocycles. The van der Waals surface area contributed by atoms with Crippen molar-refractivity contribution in [3.63, 3.8) is 0 Å². The SMILES string of the molecule is CC(C)(C)OC(=O)NCc1ccc(Cl)cc1CNC(=O)Cc1c(C#N)cc[nH]c1=O. The zero-order valence-electron chi connectivity index (χ0n) is 17.0. The summed E-state index contributed by atoms with van der Waals surface area (Å²) in [5.41, 5.74) is 0.622. The number of aromatic amines is 1. The number of nitrogens with one attached hydrogen (secondary N) is 3. The Kier molecular flexibility index (Phi) is 7.61. The Morgan fingerprint density at radius 1 is 1.17 bits per heavy atom. The van der Waals surface area contributed by atoms with Crippen molar-refractivity contribution in [2.75, 3.05) is 0 Å². The highest BCUT2D eigenvalue weighted by atomic mass is 35.5. The number of nitriles is 1. The molecule has 0 saturated carbocycles. The molecule has 158 valence electrons. The van der Waals surface area contributed by atoms with Gasteiger partial charge in [0.25, 0.3) is 5.56 Å². The van der Waals surface area contributed by atoms with E-state index in [4.69, 9.17) is 21.6 Å². The van der Waals surface area contributed by atoms with Gasteiger partial charge < -0.3 is 20.4 Å². The smallest absolute Gasteiger partial charge is 0.407 e. The molecule has 0 aliphatic heterocycles. The van der Waals surface area contributed by atoms with Crippen molar-refractivity contribution in [1.82, 2.24) is 15.6 Å². The second-order valence-corrected chi connectivity index (χ2v) is 7.97. The molecule has 2 rings (SSSR count). The fraction of sp³-hybridized carbons (Fsp3) is 0.333. The van der Waals surface area contributed by atoms with Crippen LogP contribution in [0.3, 0.4) is 0 Å². The van der Waals surface area contributed by atoms with Gasteiger partial charge in [-0.1, -0.05) is 17.7 Å². The number of H-pyrrole nitrogens is 1. The Bertz CT molecular complexity index is 1030. The Morgan fingerprint density at radius 3 is 2.53 bits per heavy atom. The average Bonchev–Trinajstić information content (AvgIpc) is 2.65. The van der Waals surface area contributed by atoms with Crippen LogP contribution in [0.1, 0.15) is 43.0 Å². The van der Waals surface area contributed by atoms with E-state index in [2.05, 4.69) is 15.6 Å². The number of hydrogen-bond donors (Lipinski definition) is 3. The van der Waals surface area contributed by atoms with Crippen molar-refractivity contribution in [2.24, 2.45) is 0 Å². The van der Waals surface area contributed by atoms with Crippen molar-refractivity contribution in [1.29, 1.82) is 5.26 Å². The predicted molar refractivity (Wildman–Crippen MR) is 112 cm³/mol. The van der Waals surface area contributed by atoms with Gasteiger partial charge in [0.2, 0.25) is 5.91 Å². The minimum Gasteiger partial charge on any atom is -0.444 e. The average molecular weight is 431 g/mol. The molecular formula is C21H23ClN4O4. The molecule has 1 heterocycles. The van der Waals surface area contributed by atoms with E-state index in [0.29, 0.717) is 10.6 Å². The third kappa shape index (κ3) is 6.94. The largest absolute Gasteiger partial charge is 0.444 e. The molecule has 0 aliphatic carbocycles. The molecule has 1 aromatic carbocycles. The minimum absolute atomic E-state index is 0.107. The zero-order chi connectivity index (χ0) is 22.3. The van der Waals surface area contributed by atoms with E-state index in [-0.39, 0.29) is 30.6 Å². The van der Waals surface area contributed by atoms with Gasteiger partial charge in [-0.3, -0.25) is 9.59 Å². The number of halogens is 1. The molecule has 30 heavy (non-hydrogen) atoms. The highest BCUT2D eigenvalue weighted by Gasteiger charge is 2.17. The van der Waals surface area contributed by atoms with Crippen LogP contribution < -0.4 is 16.2 Å². The van der Waals surface area contributed by atoms with Gasteiger partial charge in [0.05, 0.1) is 18.1 Å². The van der Waals surface area contributed by atoms with Crippen molar-refractivity contribution < 1.29 is 14.3 Å². The lowest BCUT2D eigenvalue weighted by Crippen LogP contribution is -2.32. The van der Waals surface area contributed by atoms with Gasteiger partial charge in [0.1, 0.15) is 5.60 Å². The summed E-state index contributed by atoms with van der Waals surface area (Å²) in [5.74, 6) is -0.422. The summed E-state index contributed by atoms with van der Waals surface area (Å²) in [4.78, 5) is 38.6. The summed E-state index contributed by atoms with van der Waals surface area (Å²) >= 11 is 6.07. The van der Waals surface area contributed by atoms with Gasteiger partial charge in [-0.05, 0) is 50.1 Å². The van der Waals surface area contributed by atoms with Gasteiger partial charge in [-0.25, -0.2) is 4.79 Å². The van der Waals surface area contributed by atoms with E-state index in [1.54, 1.807) is 39.0 Å². The number of pyridine rings is 1. The number of hydrogen-bond acceptors (Lipinski definition) is 5. The fourth-order valence-corrected chi connectivity index (χ4v) is 2.82. The van der Waals surface area contributed by atoms with Crippen molar-refractivity contribution in [2.45, 2.75) is 45.9 Å². The topological polar surface area (TPSA) is 124 Å². The summed E-state index contributed by atoms with van der Waals surface area (Å²) in [7, 11) is 0. The Balaban J connectivity index is 2.04. The maximum atomic E-state index is 12.3. The van der Waals surface area contributed by atoms with Gasteiger partial charge in [0, 0.05) is 29.9 Å². The van der Waals surface area contributed by atoms with Crippen molar-refractivity contribution in [3.05, 3.63) is 68.1 Å². The summed E-state index contributed by atoms with van der Waals surface area (Å²) in [5, 5.41) is 15.0. The molecule has 0 bridgehead atoms. The molecule has 8 nitrogen and oxygen atoms in total. The summed E-state index contributed by atoms with van der Waals surface area (Å²) in [6.45, 7) is 5.63. The monoisotopic (exact) mass is 430 g/mol. The van der Waals surface area contributed by atoms with Crippen LogP contribution in [0.2, 0.25) is 5.02 Å². The zero-order valence-corrected chi connectivity index (χ0v) is 17.7. The van der Waals surface area contributed by atoms with Gasteiger partial charge in [-0.2, -0.15) is 5.26 Å². The Hall–Kier alpha value is -3.31. The highest BCUT2D eigenvalue weighted by Crippen LogP contribution is 2.17. The van der Waals surface area contributed by atoms with Crippen LogP contribution in [0.5, 0.6) is 0 Å². The number of aromatic nitrogens is 1. The lowest BCUT2D eigenvalue weighted by atomic mass is 10.1. The molecule has 9 heteroatoms. The molecule has 3 N–H and O–H groups in total. The number of alkyl carbamates (subject to hydrolysis) is 1. The Labute approximate surface area is 179 Å². The lowest BCUT2D eigenvalue weighted by molar-refractivity contribution is -0.120. The number of nitrogens with zero attached hydrogens (tertiary/aromatic N) is 1. The molecule has 0 atom stereocenters. The number of amides is 2. The van der Waals surface area contributed by atoms with E-state index >= 15 is 0 Å². The third-order valence-corrected chi connectivity index (χ3v) is 4.22. The first-order chi connectivity index (χ1) is 14.1. The summed E-state index contributed by atoms with van der Waals surface area (Å²) in [6.07, 6.45) is 0.573. The first kappa shape index (κ1) is 23.0. The van der Waals surface area contributed by atoms with Crippen LogP contribution in [0, 0.1) is 11.3 Å². The van der Waals surface area contributed by atoms with Crippen molar-refractivity contribution in [3.8, 4) is 6.07 Å². The fourth-order valence-electron chi connectivity index (χ4n) is 2.62. The molecule has 2 aromatic rings. The van der Waals surface area contributed by atoms with E-state index in [0.717, 1.165) is 5.56 Å². The highest BCUT2D eigenvalue weighted by molar-refractivity contribution is 6.30. The second kappa shape index (κ2) is 9.94. The van der Waals surface area contributed by atoms with Crippen LogP contribution in [0.4, 0.5) is 4.79 Å². The molecule has 0 fully saturated rings. The quantitative estimate of drug-likeness (QED) is 0.650. The molecule has 0 saturated heterocycles. The standard InChI is InChI=1S/C21H23ClN4O4/c1-21(2,3)30-20(29)26-11-14-4-5-16(22)8-15(14)12-25-18(27)9-17-13(10-23)6-7-24-19(17)28/h4-8H,9,11-12H2,1-3H3,(H,24,28)(H,25,27)(H,26,29). The molecular weight excluding hydrogens is 408 g/mol. The second-order valence-electron chi connectivity index (χ2n) is 7.53. The number of benzene rings is 1. The van der Waals surface area contributed by atoms with E-state index < -0.39 is 23.2 Å². The van der Waals surface area contributed by atoms with Crippen LogP contribution in [-0.4, -0.2) is 22.6 Å². The number of carbonyl (C=O) groups excluding carboxylic acids is 2. The number of rotatable bonds is 6. The van der Waals surface area contributed by atoms with Crippen LogP contribution in [-0.2, 0) is 29.0 Å². The number of carbonyl (C=O) groups is 2. The first-order valence-electron chi connectivity index (χ1n) is 9.20. The minimum atomic E-state index is -0.613. The van der Waals surface area contributed by atoms with Crippen molar-refractivity contribution >= 4 is 23.6 Å². The van der Waals surface area contributed by atoms with E-state index in [1.807, 2.05) is 6.07 Å². The van der Waals surface area contributed by atoms with Crippen LogP contribution in [0.15, 0.2) is 35.3 Å². The Morgan fingerprint density at radius 2 is 1.87 bits per heavy atom. The van der Waals surface area contributed by atoms with Gasteiger partial charge >= 0.3 is 6.09 Å². The van der Waals surface area contributed by atoms with Crippen LogP contribution in [0.25, 0.3) is 0 Å². The summed E-state index contributed by atoms with van der Waals surface area (Å²) < 4.78 is 5.22. The van der Waals surface area contributed by atoms with Gasteiger partial charge in [-0.15, -0.1) is 0 Å².